The van der Waals surface area contributed by atoms with E-state index in [4.69, 9.17) is 0 Å². The van der Waals surface area contributed by atoms with Crippen LogP contribution >= 0.6 is 13.5 Å². The third-order valence-electron chi connectivity index (χ3n) is 6.12. The molecule has 2 fully saturated rings. The van der Waals surface area contributed by atoms with Gasteiger partial charge in [0.25, 0.3) is 0 Å². The molecule has 6 nitrogen and oxygen atoms in total. The summed E-state index contributed by atoms with van der Waals surface area (Å²) in [6, 6.07) is 13.7. The molecule has 1 atom stereocenters. The Kier molecular flexibility index (Phi) is 7.44. The van der Waals surface area contributed by atoms with Gasteiger partial charge in [-0.2, -0.15) is 13.5 Å². The summed E-state index contributed by atoms with van der Waals surface area (Å²) in [4.78, 5) is 20.1. The molecule has 1 N–H and O–H groups in total. The number of aromatic nitrogens is 1. The Hall–Kier alpha value is -1.90. The van der Waals surface area contributed by atoms with Gasteiger partial charge in [-0.15, -0.1) is 0 Å². The van der Waals surface area contributed by atoms with Crippen molar-refractivity contribution in [1.29, 1.82) is 0 Å². The zero-order valence-corrected chi connectivity index (χ0v) is 19.7. The highest BCUT2D eigenvalue weighted by molar-refractivity contribution is 7.89. The molecule has 168 valence electrons. The second-order valence-electron chi connectivity index (χ2n) is 8.63. The number of carbonyl (C=O) groups is 1. The molecule has 0 spiro atoms. The van der Waals surface area contributed by atoms with E-state index in [0.29, 0.717) is 5.69 Å². The molecule has 1 saturated carbocycles. The maximum absolute atomic E-state index is 13.3. The number of sulfone groups is 1. The summed E-state index contributed by atoms with van der Waals surface area (Å²) >= 11 is 0. The maximum Gasteiger partial charge on any atom is 0.231 e. The number of hydrogen-bond donors (Lipinski definition) is 1. The molecule has 8 heteroatoms. The predicted octanol–water partition coefficient (Wildman–Crippen LogP) is 2.72. The van der Waals surface area contributed by atoms with Crippen molar-refractivity contribution >= 4 is 29.2 Å². The van der Waals surface area contributed by atoms with E-state index in [-0.39, 0.29) is 31.2 Å². The van der Waals surface area contributed by atoms with E-state index in [1.807, 2.05) is 24.3 Å². The van der Waals surface area contributed by atoms with Crippen LogP contribution in [0.2, 0.25) is 0 Å². The van der Waals surface area contributed by atoms with E-state index < -0.39 is 15.3 Å². The van der Waals surface area contributed by atoms with Crippen molar-refractivity contribution in [2.75, 3.05) is 25.9 Å². The van der Waals surface area contributed by atoms with Crippen LogP contribution in [-0.4, -0.2) is 50.1 Å². The van der Waals surface area contributed by atoms with Crippen molar-refractivity contribution in [3.05, 3.63) is 65.5 Å². The Balaban J connectivity index is 0.00000272. The number of hydrogen-bond acceptors (Lipinski definition) is 5. The number of nitrogens with zero attached hydrogens (tertiary/aromatic N) is 2. The minimum atomic E-state index is -3.13. The first kappa shape index (κ1) is 23.8. The summed E-state index contributed by atoms with van der Waals surface area (Å²) in [7, 11) is -3.13. The van der Waals surface area contributed by atoms with Gasteiger partial charge in [0, 0.05) is 19.0 Å². The number of rotatable bonds is 8. The van der Waals surface area contributed by atoms with E-state index in [0.717, 1.165) is 43.6 Å². The minimum absolute atomic E-state index is 0. The Morgan fingerprint density at radius 3 is 2.35 bits per heavy atom. The normalized spacial score (nSPS) is 18.7. The van der Waals surface area contributed by atoms with Crippen LogP contribution in [0.25, 0.3) is 0 Å². The fourth-order valence-corrected chi connectivity index (χ4v) is 4.98. The van der Waals surface area contributed by atoms with Gasteiger partial charge in [-0.25, -0.2) is 8.42 Å². The van der Waals surface area contributed by atoms with Gasteiger partial charge in [0.2, 0.25) is 5.91 Å². The van der Waals surface area contributed by atoms with Crippen molar-refractivity contribution in [3.8, 4) is 0 Å². The number of carbonyl (C=O) groups excluding carboxylic acids is 1. The highest BCUT2D eigenvalue weighted by Gasteiger charge is 2.52. The molecule has 2 aromatic rings. The monoisotopic (exact) mass is 461 g/mol. The van der Waals surface area contributed by atoms with Crippen LogP contribution in [0, 0.1) is 0 Å². The first-order valence-electron chi connectivity index (χ1n) is 10.6. The Morgan fingerprint density at radius 2 is 1.81 bits per heavy atom. The molecule has 2 aliphatic rings. The van der Waals surface area contributed by atoms with Gasteiger partial charge < -0.3 is 10.2 Å². The lowest BCUT2D eigenvalue weighted by molar-refractivity contribution is -0.124. The number of nitrogens with one attached hydrogen (secondary N) is 1. The molecule has 0 bridgehead atoms. The summed E-state index contributed by atoms with van der Waals surface area (Å²) in [5, 5.41) is 3.31. The fraction of sp³-hybridized carbons (Fsp3) is 0.478. The topological polar surface area (TPSA) is 79.4 Å². The van der Waals surface area contributed by atoms with Gasteiger partial charge in [-0.05, 0) is 56.0 Å². The zero-order valence-electron chi connectivity index (χ0n) is 17.9. The van der Waals surface area contributed by atoms with Crippen LogP contribution < -0.4 is 5.32 Å². The van der Waals surface area contributed by atoms with Gasteiger partial charge >= 0.3 is 0 Å². The van der Waals surface area contributed by atoms with Crippen molar-refractivity contribution in [2.24, 2.45) is 0 Å². The molecule has 1 aliphatic heterocycles. The molecular formula is C23H31N3O3S2. The Morgan fingerprint density at radius 1 is 1.13 bits per heavy atom. The predicted molar refractivity (Wildman–Crippen MR) is 127 cm³/mol. The highest BCUT2D eigenvalue weighted by Crippen LogP contribution is 2.48. The van der Waals surface area contributed by atoms with Gasteiger partial charge in [0.05, 0.1) is 22.9 Å². The molecule has 1 amide bonds. The third kappa shape index (κ3) is 5.87. The molecule has 1 aliphatic carbocycles. The van der Waals surface area contributed by atoms with E-state index in [9.17, 15) is 13.2 Å². The molecule has 1 aromatic heterocycles. The minimum Gasteiger partial charge on any atom is -0.347 e. The van der Waals surface area contributed by atoms with Crippen molar-refractivity contribution < 1.29 is 13.2 Å². The van der Waals surface area contributed by atoms with E-state index in [1.54, 1.807) is 12.3 Å². The van der Waals surface area contributed by atoms with Gasteiger partial charge in [-0.3, -0.25) is 9.78 Å². The largest absolute Gasteiger partial charge is 0.347 e. The van der Waals surface area contributed by atoms with E-state index >= 15 is 0 Å². The third-order valence-corrected chi connectivity index (χ3v) is 6.94. The lowest BCUT2D eigenvalue weighted by atomic mass is 9.95. The Bertz CT molecular complexity index is 984. The van der Waals surface area contributed by atoms with Crippen LogP contribution in [0.15, 0.2) is 48.7 Å². The summed E-state index contributed by atoms with van der Waals surface area (Å²) in [6.07, 6.45) is 6.87. The number of amides is 1. The SMILES string of the molecule is CS(=O)(=O)Cc1ccc(C2(C(=O)N[C@H](CN3CCCC3)c3ccccc3)CC2)cn1.S. The lowest BCUT2D eigenvalue weighted by Gasteiger charge is -2.27. The fourth-order valence-electron chi connectivity index (χ4n) is 4.27. The van der Waals surface area contributed by atoms with Crippen LogP contribution in [0.3, 0.4) is 0 Å². The summed E-state index contributed by atoms with van der Waals surface area (Å²) in [5.41, 5.74) is 1.95. The quantitative estimate of drug-likeness (QED) is 0.654. The molecule has 0 unspecified atom stereocenters. The molecule has 31 heavy (non-hydrogen) atoms. The van der Waals surface area contributed by atoms with Crippen molar-refractivity contribution in [1.82, 2.24) is 15.2 Å². The van der Waals surface area contributed by atoms with E-state index in [2.05, 4.69) is 27.3 Å². The van der Waals surface area contributed by atoms with E-state index in [1.165, 1.54) is 19.1 Å². The maximum atomic E-state index is 13.3. The van der Waals surface area contributed by atoms with Gasteiger partial charge in [-0.1, -0.05) is 36.4 Å². The smallest absolute Gasteiger partial charge is 0.231 e. The average Bonchev–Trinajstić information content (AvgIpc) is 3.37. The first-order chi connectivity index (χ1) is 14.4. The first-order valence-corrected chi connectivity index (χ1v) is 12.6. The van der Waals surface area contributed by atoms with Crippen molar-refractivity contribution in [3.63, 3.8) is 0 Å². The van der Waals surface area contributed by atoms with Gasteiger partial charge in [0.1, 0.15) is 0 Å². The summed E-state index contributed by atoms with van der Waals surface area (Å²) in [5.74, 6) is -0.0495. The number of likely N-dealkylation sites (tertiary alicyclic amines) is 1. The number of benzene rings is 1. The molecule has 2 heterocycles. The number of pyridine rings is 1. The summed E-state index contributed by atoms with van der Waals surface area (Å²) in [6.45, 7) is 2.98. The second-order valence-corrected chi connectivity index (χ2v) is 10.8. The molecule has 1 aromatic carbocycles. The van der Waals surface area contributed by atoms with Crippen LogP contribution in [0.1, 0.15) is 48.5 Å². The average molecular weight is 462 g/mol. The Labute approximate surface area is 191 Å². The molecular weight excluding hydrogens is 430 g/mol. The lowest BCUT2D eigenvalue weighted by Crippen LogP contribution is -2.42. The van der Waals surface area contributed by atoms with Gasteiger partial charge in [0.15, 0.2) is 9.84 Å². The van der Waals surface area contributed by atoms with Crippen LogP contribution in [-0.2, 0) is 25.8 Å². The summed E-state index contributed by atoms with van der Waals surface area (Å²) < 4.78 is 23.0. The molecule has 4 rings (SSSR count). The molecule has 1 saturated heterocycles. The zero-order chi connectivity index (χ0) is 21.2. The standard InChI is InChI=1S/C23H29N3O3S.H2S/c1-30(28,29)17-20-10-9-19(15-24-20)23(11-12-23)22(27)25-21(16-26-13-5-6-14-26)18-7-3-2-4-8-18;/h2-4,7-10,15,21H,5-6,11-14,16-17H2,1H3,(H,25,27);1H2/t21-;/m1./s1. The van der Waals surface area contributed by atoms with Crippen molar-refractivity contribution in [2.45, 2.75) is 42.9 Å². The highest BCUT2D eigenvalue weighted by atomic mass is 32.2. The second kappa shape index (κ2) is 9.71. The van der Waals surface area contributed by atoms with Crippen LogP contribution in [0.5, 0.6) is 0 Å². The van der Waals surface area contributed by atoms with Crippen LogP contribution in [0.4, 0.5) is 0 Å². The molecule has 0 radical (unpaired) electrons.